The zero-order valence-electron chi connectivity index (χ0n) is 12.2. The van der Waals surface area contributed by atoms with E-state index in [4.69, 9.17) is 11.6 Å². The Labute approximate surface area is 138 Å². The first-order valence-electron chi connectivity index (χ1n) is 7.16. The molecule has 1 aliphatic heterocycles. The van der Waals surface area contributed by atoms with Crippen LogP contribution >= 0.6 is 11.6 Å². The molecule has 0 aliphatic carbocycles. The summed E-state index contributed by atoms with van der Waals surface area (Å²) in [5.41, 5.74) is -1.40. The van der Waals surface area contributed by atoms with Crippen LogP contribution in [0.2, 0.25) is 5.02 Å². The van der Waals surface area contributed by atoms with Gasteiger partial charge in [-0.1, -0.05) is 11.6 Å². The number of amides is 1. The average Bonchev–Trinajstić information content (AvgIpc) is 2.78. The second-order valence-electron chi connectivity index (χ2n) is 5.57. The van der Waals surface area contributed by atoms with Gasteiger partial charge in [-0.2, -0.15) is 0 Å². The minimum atomic E-state index is -4.88. The number of rotatable bonds is 1. The maximum absolute atomic E-state index is 13.3. The molecule has 0 atom stereocenters. The quantitative estimate of drug-likeness (QED) is 0.778. The molecule has 0 bridgehead atoms. The molecule has 0 radical (unpaired) electrons. The molecule has 2 aromatic rings. The third-order valence-electron chi connectivity index (χ3n) is 4.18. The summed E-state index contributed by atoms with van der Waals surface area (Å²) in [7, 11) is 0. The SMILES string of the molecule is O=C([O-])N1CCC(n2c(=O)n(C(F)(F)F)c3cc(Cl)ccc32)CC1. The number of piperidine rings is 1. The lowest BCUT2D eigenvalue weighted by Crippen LogP contribution is -2.46. The van der Waals surface area contributed by atoms with Gasteiger partial charge in [0.2, 0.25) is 0 Å². The van der Waals surface area contributed by atoms with Crippen molar-refractivity contribution < 1.29 is 23.1 Å². The van der Waals surface area contributed by atoms with Crippen LogP contribution in [-0.2, 0) is 6.30 Å². The van der Waals surface area contributed by atoms with Crippen molar-refractivity contribution in [2.45, 2.75) is 25.2 Å². The number of carbonyl (C=O) groups is 1. The predicted octanol–water partition coefficient (Wildman–Crippen LogP) is 1.91. The summed E-state index contributed by atoms with van der Waals surface area (Å²) in [4.78, 5) is 24.3. The molecule has 0 saturated carbocycles. The number of hydrogen-bond acceptors (Lipinski definition) is 3. The molecule has 0 N–H and O–H groups in total. The maximum atomic E-state index is 13.3. The molecule has 130 valence electrons. The van der Waals surface area contributed by atoms with Crippen LogP contribution in [-0.4, -0.2) is 33.2 Å². The van der Waals surface area contributed by atoms with Crippen LogP contribution in [0.15, 0.2) is 23.0 Å². The number of hydrogen-bond donors (Lipinski definition) is 0. The predicted molar refractivity (Wildman–Crippen MR) is 77.7 cm³/mol. The van der Waals surface area contributed by atoms with Crippen molar-refractivity contribution in [2.24, 2.45) is 0 Å². The van der Waals surface area contributed by atoms with E-state index in [0.29, 0.717) is 0 Å². The Morgan fingerprint density at radius 1 is 1.21 bits per heavy atom. The Hall–Kier alpha value is -2.16. The monoisotopic (exact) mass is 362 g/mol. The highest BCUT2D eigenvalue weighted by Crippen LogP contribution is 2.31. The Kier molecular flexibility index (Phi) is 3.98. The molecule has 0 unspecified atom stereocenters. The molecule has 1 aromatic heterocycles. The zero-order chi connectivity index (χ0) is 17.6. The smallest absolute Gasteiger partial charge is 0.493 e. The molecule has 2 heterocycles. The van der Waals surface area contributed by atoms with E-state index in [1.807, 2.05) is 0 Å². The lowest BCUT2D eigenvalue weighted by Gasteiger charge is -2.34. The number of carboxylic acid groups (broad SMARTS) is 1. The second-order valence-corrected chi connectivity index (χ2v) is 6.01. The third-order valence-corrected chi connectivity index (χ3v) is 4.41. The summed E-state index contributed by atoms with van der Waals surface area (Å²) in [6.45, 7) is 0.206. The van der Waals surface area contributed by atoms with Crippen LogP contribution in [0, 0.1) is 0 Å². The number of likely N-dealkylation sites (tertiary alicyclic amines) is 1. The van der Waals surface area contributed by atoms with Crippen molar-refractivity contribution >= 4 is 28.7 Å². The Bertz CT molecular complexity index is 851. The summed E-state index contributed by atoms with van der Waals surface area (Å²) in [6, 6.07) is 3.35. The first kappa shape index (κ1) is 16.7. The van der Waals surface area contributed by atoms with Crippen molar-refractivity contribution in [3.8, 4) is 0 Å². The lowest BCUT2D eigenvalue weighted by molar-refractivity contribution is -0.266. The maximum Gasteiger partial charge on any atom is 0.493 e. The summed E-state index contributed by atoms with van der Waals surface area (Å²) >= 11 is 5.77. The number of aromatic nitrogens is 2. The highest BCUT2D eigenvalue weighted by atomic mass is 35.5. The van der Waals surface area contributed by atoms with E-state index in [1.54, 1.807) is 0 Å². The number of fused-ring (bicyclic) bond motifs is 1. The van der Waals surface area contributed by atoms with Crippen LogP contribution in [0.4, 0.5) is 18.0 Å². The van der Waals surface area contributed by atoms with E-state index in [-0.39, 0.29) is 46.6 Å². The fourth-order valence-electron chi connectivity index (χ4n) is 3.10. The number of alkyl halides is 3. The Balaban J connectivity index is 2.11. The first-order valence-corrected chi connectivity index (χ1v) is 7.53. The Morgan fingerprint density at radius 2 is 1.83 bits per heavy atom. The van der Waals surface area contributed by atoms with Gasteiger partial charge in [0.1, 0.15) is 6.09 Å². The van der Waals surface area contributed by atoms with Gasteiger partial charge in [-0.05, 0) is 31.0 Å². The normalized spacial score (nSPS) is 16.8. The number of imidazole rings is 1. The standard InChI is InChI=1S/C14H13ClF3N3O3/c15-8-1-2-10-11(7-8)21(14(16,17)18)12(22)20(10)9-3-5-19(6-4-9)13(23)24/h1-2,7,9H,3-6H2,(H,23,24)/p-1. The van der Waals surface area contributed by atoms with Crippen molar-refractivity contribution in [3.05, 3.63) is 33.7 Å². The van der Waals surface area contributed by atoms with E-state index in [9.17, 15) is 27.9 Å². The third kappa shape index (κ3) is 2.72. The van der Waals surface area contributed by atoms with Crippen LogP contribution < -0.4 is 10.8 Å². The Morgan fingerprint density at radius 3 is 2.38 bits per heavy atom. The summed E-state index contributed by atoms with van der Waals surface area (Å²) in [6.07, 6.45) is -5.75. The average molecular weight is 363 g/mol. The van der Waals surface area contributed by atoms with Crippen LogP contribution in [0.1, 0.15) is 18.9 Å². The summed E-state index contributed by atoms with van der Waals surface area (Å²) in [5.74, 6) is 0. The minimum absolute atomic E-state index is 0.0874. The van der Waals surface area contributed by atoms with Crippen molar-refractivity contribution in [3.63, 3.8) is 0 Å². The van der Waals surface area contributed by atoms with E-state index < -0.39 is 24.1 Å². The van der Waals surface area contributed by atoms with Gasteiger partial charge < -0.3 is 14.8 Å². The highest BCUT2D eigenvalue weighted by Gasteiger charge is 2.37. The molecule has 0 spiro atoms. The molecule has 3 rings (SSSR count). The highest BCUT2D eigenvalue weighted by molar-refractivity contribution is 6.31. The van der Waals surface area contributed by atoms with Crippen molar-refractivity contribution in [2.75, 3.05) is 13.1 Å². The molecule has 1 fully saturated rings. The minimum Gasteiger partial charge on any atom is -0.530 e. The molecule has 1 aromatic carbocycles. The fourth-order valence-corrected chi connectivity index (χ4v) is 3.26. The topological polar surface area (TPSA) is 70.3 Å². The largest absolute Gasteiger partial charge is 0.530 e. The van der Waals surface area contributed by atoms with Gasteiger partial charge in [-0.3, -0.25) is 4.57 Å². The number of carbonyl (C=O) groups excluding carboxylic acids is 1. The second kappa shape index (κ2) is 5.73. The molecule has 10 heteroatoms. The molecule has 1 amide bonds. The van der Waals surface area contributed by atoms with E-state index in [2.05, 4.69) is 0 Å². The van der Waals surface area contributed by atoms with Crippen LogP contribution in [0.25, 0.3) is 11.0 Å². The van der Waals surface area contributed by atoms with Gasteiger partial charge in [-0.25, -0.2) is 9.36 Å². The fraction of sp³-hybridized carbons (Fsp3) is 0.429. The molecular formula is C14H12ClF3N3O3-. The van der Waals surface area contributed by atoms with Gasteiger partial charge in [0, 0.05) is 24.2 Å². The first-order chi connectivity index (χ1) is 11.2. The lowest BCUT2D eigenvalue weighted by atomic mass is 10.1. The van der Waals surface area contributed by atoms with Gasteiger partial charge >= 0.3 is 12.0 Å². The molecule has 6 nitrogen and oxygen atoms in total. The summed E-state index contributed by atoms with van der Waals surface area (Å²) < 4.78 is 40.7. The number of halogens is 4. The molecule has 1 saturated heterocycles. The van der Waals surface area contributed by atoms with Gasteiger partial charge in [0.25, 0.3) is 0 Å². The van der Waals surface area contributed by atoms with Crippen molar-refractivity contribution in [1.82, 2.24) is 14.0 Å². The van der Waals surface area contributed by atoms with Gasteiger partial charge in [0.15, 0.2) is 0 Å². The summed E-state index contributed by atoms with van der Waals surface area (Å²) in [5, 5.41) is 10.9. The van der Waals surface area contributed by atoms with Crippen LogP contribution in [0.5, 0.6) is 0 Å². The van der Waals surface area contributed by atoms with E-state index in [0.717, 1.165) is 15.5 Å². The van der Waals surface area contributed by atoms with Crippen molar-refractivity contribution in [1.29, 1.82) is 0 Å². The van der Waals surface area contributed by atoms with Crippen LogP contribution in [0.3, 0.4) is 0 Å². The zero-order valence-corrected chi connectivity index (χ0v) is 13.0. The number of benzene rings is 1. The van der Waals surface area contributed by atoms with E-state index >= 15 is 0 Å². The van der Waals surface area contributed by atoms with Gasteiger partial charge in [-0.15, -0.1) is 13.2 Å². The molecular weight excluding hydrogens is 351 g/mol. The van der Waals surface area contributed by atoms with E-state index in [1.165, 1.54) is 12.1 Å². The molecule has 1 aliphatic rings. The number of nitrogens with zero attached hydrogens (tertiary/aromatic N) is 3. The molecule has 24 heavy (non-hydrogen) atoms. The van der Waals surface area contributed by atoms with Gasteiger partial charge in [0.05, 0.1) is 11.0 Å².